The van der Waals surface area contributed by atoms with Gasteiger partial charge in [-0.05, 0) is 54.7 Å². The van der Waals surface area contributed by atoms with E-state index in [0.29, 0.717) is 6.61 Å². The molecule has 1 fully saturated rings. The number of likely N-dealkylation sites (tertiary alicyclic amines) is 1. The predicted molar refractivity (Wildman–Crippen MR) is 119 cm³/mol. The average molecular weight is 407 g/mol. The second-order valence-electron chi connectivity index (χ2n) is 8.15. The van der Waals surface area contributed by atoms with Crippen LogP contribution in [0.3, 0.4) is 0 Å². The maximum Gasteiger partial charge on any atom is 0.225 e. The van der Waals surface area contributed by atoms with Crippen molar-refractivity contribution < 1.29 is 14.3 Å². The number of rotatable bonds is 7. The molecule has 1 aliphatic carbocycles. The highest BCUT2D eigenvalue weighted by Gasteiger charge is 2.32. The van der Waals surface area contributed by atoms with Crippen LogP contribution in [0.15, 0.2) is 48.0 Å². The third-order valence-corrected chi connectivity index (χ3v) is 6.28. The summed E-state index contributed by atoms with van der Waals surface area (Å²) in [5.74, 6) is 2.05. The van der Waals surface area contributed by atoms with Gasteiger partial charge in [-0.15, -0.1) is 0 Å². The highest BCUT2D eigenvalue weighted by Crippen LogP contribution is 2.35. The summed E-state index contributed by atoms with van der Waals surface area (Å²) in [4.78, 5) is 14.1. The van der Waals surface area contributed by atoms with E-state index in [4.69, 9.17) is 9.47 Å². The first-order valence-electron chi connectivity index (χ1n) is 10.6. The smallest absolute Gasteiger partial charge is 0.225 e. The summed E-state index contributed by atoms with van der Waals surface area (Å²) in [6.45, 7) is 5.39. The number of hydrogen-bond donors (Lipinski definition) is 1. The maximum atomic E-state index is 11.7. The molecule has 0 radical (unpaired) electrons. The highest BCUT2D eigenvalue weighted by molar-refractivity contribution is 5.79. The van der Waals surface area contributed by atoms with E-state index >= 15 is 0 Å². The first kappa shape index (κ1) is 20.5. The second-order valence-corrected chi connectivity index (χ2v) is 8.15. The molecule has 2 aliphatic rings. The molecule has 0 unspecified atom stereocenters. The maximum absolute atomic E-state index is 11.7. The zero-order valence-electron chi connectivity index (χ0n) is 18.0. The van der Waals surface area contributed by atoms with Crippen LogP contribution in [-0.4, -0.2) is 44.6 Å². The molecular formula is C25H30N2O3. The zero-order valence-corrected chi connectivity index (χ0v) is 18.0. The van der Waals surface area contributed by atoms with Gasteiger partial charge in [0.25, 0.3) is 0 Å². The summed E-state index contributed by atoms with van der Waals surface area (Å²) < 4.78 is 11.5. The van der Waals surface area contributed by atoms with Crippen LogP contribution in [-0.2, 0) is 17.8 Å². The molecule has 5 heteroatoms. The highest BCUT2D eigenvalue weighted by atomic mass is 16.5. The van der Waals surface area contributed by atoms with Crippen LogP contribution in [0.4, 0.5) is 0 Å². The average Bonchev–Trinajstić information content (AvgIpc) is 2.75. The number of aryl methyl sites for hydroxylation is 1. The van der Waals surface area contributed by atoms with Crippen molar-refractivity contribution in [1.82, 2.24) is 10.2 Å². The third-order valence-electron chi connectivity index (χ3n) is 6.28. The second kappa shape index (κ2) is 8.92. The summed E-state index contributed by atoms with van der Waals surface area (Å²) in [6.07, 6.45) is 2.09. The van der Waals surface area contributed by atoms with Crippen molar-refractivity contribution in [3.8, 4) is 11.5 Å². The Morgan fingerprint density at radius 1 is 1.17 bits per heavy atom. The molecule has 2 aromatic rings. The molecular weight excluding hydrogens is 376 g/mol. The summed E-state index contributed by atoms with van der Waals surface area (Å²) in [6, 6.07) is 14.4. The number of benzene rings is 2. The van der Waals surface area contributed by atoms with Crippen molar-refractivity contribution in [2.45, 2.75) is 26.4 Å². The van der Waals surface area contributed by atoms with Gasteiger partial charge in [0, 0.05) is 32.2 Å². The Kier molecular flexibility index (Phi) is 6.09. The zero-order chi connectivity index (χ0) is 21.1. The lowest BCUT2D eigenvalue weighted by molar-refractivity contribution is -0.129. The van der Waals surface area contributed by atoms with Crippen LogP contribution in [0.2, 0.25) is 0 Å². The van der Waals surface area contributed by atoms with Crippen LogP contribution < -0.4 is 14.8 Å². The van der Waals surface area contributed by atoms with Gasteiger partial charge in [0.05, 0.1) is 13.0 Å². The molecule has 0 saturated carbocycles. The van der Waals surface area contributed by atoms with Crippen LogP contribution in [0.25, 0.3) is 5.57 Å². The first-order valence-corrected chi connectivity index (χ1v) is 10.6. The SMILES string of the molecule is CNC(=O)C1CN(CC2=C(C)c3ccc(OCc4ccccc4OC)cc3CC2)C1. The van der Waals surface area contributed by atoms with E-state index in [9.17, 15) is 4.79 Å². The minimum Gasteiger partial charge on any atom is -0.496 e. The Morgan fingerprint density at radius 2 is 1.97 bits per heavy atom. The largest absolute Gasteiger partial charge is 0.496 e. The Morgan fingerprint density at radius 3 is 2.73 bits per heavy atom. The van der Waals surface area contributed by atoms with E-state index in [1.807, 2.05) is 24.3 Å². The Bertz CT molecular complexity index is 961. The number of para-hydroxylation sites is 1. The number of carbonyl (C=O) groups excluding carboxylic acids is 1. The van der Waals surface area contributed by atoms with Gasteiger partial charge < -0.3 is 14.8 Å². The van der Waals surface area contributed by atoms with E-state index in [0.717, 1.165) is 49.5 Å². The Balaban J connectivity index is 1.40. The van der Waals surface area contributed by atoms with Crippen molar-refractivity contribution in [1.29, 1.82) is 0 Å². The number of carbonyl (C=O) groups is 1. The van der Waals surface area contributed by atoms with E-state index < -0.39 is 0 Å². The molecule has 158 valence electrons. The quantitative estimate of drug-likeness (QED) is 0.762. The summed E-state index contributed by atoms with van der Waals surface area (Å²) in [5, 5.41) is 2.75. The van der Waals surface area contributed by atoms with Crippen molar-refractivity contribution in [2.24, 2.45) is 5.92 Å². The van der Waals surface area contributed by atoms with Gasteiger partial charge in [0.2, 0.25) is 5.91 Å². The van der Waals surface area contributed by atoms with Crippen LogP contribution in [0, 0.1) is 5.92 Å². The fourth-order valence-corrected chi connectivity index (χ4v) is 4.42. The minimum absolute atomic E-state index is 0.148. The summed E-state index contributed by atoms with van der Waals surface area (Å²) >= 11 is 0. The van der Waals surface area contributed by atoms with Crippen LogP contribution >= 0.6 is 0 Å². The number of allylic oxidation sites excluding steroid dienone is 1. The topological polar surface area (TPSA) is 50.8 Å². The van der Waals surface area contributed by atoms with Gasteiger partial charge in [0.15, 0.2) is 0 Å². The molecule has 5 nitrogen and oxygen atoms in total. The van der Waals surface area contributed by atoms with Gasteiger partial charge in [-0.25, -0.2) is 0 Å². The van der Waals surface area contributed by atoms with Crippen molar-refractivity contribution >= 4 is 11.5 Å². The van der Waals surface area contributed by atoms with Crippen molar-refractivity contribution in [2.75, 3.05) is 33.8 Å². The predicted octanol–water partition coefficient (Wildman–Crippen LogP) is 3.67. The number of fused-ring (bicyclic) bond motifs is 1. The molecule has 30 heavy (non-hydrogen) atoms. The standard InChI is InChI=1S/C25H30N2O3/c1-17-19(13-27-14-21(15-27)25(28)26-2)9-8-18-12-22(10-11-23(17)18)30-16-20-6-4-5-7-24(20)29-3/h4-7,10-12,21H,8-9,13-16H2,1-3H3,(H,26,28). The Hall–Kier alpha value is -2.79. The molecule has 0 spiro atoms. The lowest BCUT2D eigenvalue weighted by Crippen LogP contribution is -2.53. The molecule has 4 rings (SSSR count). The van der Waals surface area contributed by atoms with Crippen molar-refractivity contribution in [3.05, 3.63) is 64.7 Å². The molecule has 0 aromatic heterocycles. The van der Waals surface area contributed by atoms with Gasteiger partial charge in [-0.1, -0.05) is 29.8 Å². The van der Waals surface area contributed by atoms with Gasteiger partial charge in [-0.3, -0.25) is 9.69 Å². The summed E-state index contributed by atoms with van der Waals surface area (Å²) in [5.41, 5.74) is 6.57. The molecule has 1 heterocycles. The normalized spacial score (nSPS) is 16.6. The summed E-state index contributed by atoms with van der Waals surface area (Å²) in [7, 11) is 3.40. The molecule has 1 saturated heterocycles. The fraction of sp³-hybridized carbons (Fsp3) is 0.400. The van der Waals surface area contributed by atoms with E-state index in [2.05, 4.69) is 35.3 Å². The van der Waals surface area contributed by atoms with Crippen LogP contribution in [0.5, 0.6) is 11.5 Å². The number of amides is 1. The molecule has 1 aliphatic heterocycles. The molecule has 0 atom stereocenters. The van der Waals surface area contributed by atoms with E-state index in [1.54, 1.807) is 14.2 Å². The number of hydrogen-bond acceptors (Lipinski definition) is 4. The molecule has 2 aromatic carbocycles. The van der Waals surface area contributed by atoms with Crippen molar-refractivity contribution in [3.63, 3.8) is 0 Å². The monoisotopic (exact) mass is 406 g/mol. The van der Waals surface area contributed by atoms with Gasteiger partial charge in [0.1, 0.15) is 18.1 Å². The lowest BCUT2D eigenvalue weighted by Gasteiger charge is -2.39. The lowest BCUT2D eigenvalue weighted by atomic mass is 9.85. The first-order chi connectivity index (χ1) is 14.6. The number of methoxy groups -OCH3 is 1. The molecule has 0 bridgehead atoms. The van der Waals surface area contributed by atoms with Gasteiger partial charge >= 0.3 is 0 Å². The van der Waals surface area contributed by atoms with Crippen LogP contribution in [0.1, 0.15) is 30.0 Å². The number of nitrogens with one attached hydrogen (secondary N) is 1. The van der Waals surface area contributed by atoms with Gasteiger partial charge in [-0.2, -0.15) is 0 Å². The third kappa shape index (κ3) is 4.21. The minimum atomic E-state index is 0.148. The van der Waals surface area contributed by atoms with E-state index in [1.165, 1.54) is 22.3 Å². The number of ether oxygens (including phenoxy) is 2. The Labute approximate surface area is 178 Å². The molecule has 1 N–H and O–H groups in total. The fourth-order valence-electron chi connectivity index (χ4n) is 4.42. The number of nitrogens with zero attached hydrogens (tertiary/aromatic N) is 1. The van der Waals surface area contributed by atoms with E-state index in [-0.39, 0.29) is 11.8 Å². The molecule has 1 amide bonds.